The van der Waals surface area contributed by atoms with Crippen LogP contribution in [0.1, 0.15) is 65.2 Å². The van der Waals surface area contributed by atoms with E-state index in [9.17, 15) is 9.59 Å². The van der Waals surface area contributed by atoms with Gasteiger partial charge in [0.1, 0.15) is 0 Å². The van der Waals surface area contributed by atoms with E-state index >= 15 is 0 Å². The number of carboxylic acid groups (broad SMARTS) is 1. The lowest BCUT2D eigenvalue weighted by molar-refractivity contribution is -0.144. The molecule has 0 aromatic rings. The minimum absolute atomic E-state index is 0.105. The van der Waals surface area contributed by atoms with Crippen LogP contribution in [0.15, 0.2) is 0 Å². The Morgan fingerprint density at radius 1 is 0.826 bits per heavy atom. The van der Waals surface area contributed by atoms with Crippen molar-refractivity contribution in [2.75, 3.05) is 26.4 Å². The molecule has 0 spiro atoms. The van der Waals surface area contributed by atoms with Crippen molar-refractivity contribution < 1.29 is 28.9 Å². The van der Waals surface area contributed by atoms with Gasteiger partial charge >= 0.3 is 11.9 Å². The van der Waals surface area contributed by atoms with Crippen LogP contribution in [-0.4, -0.2) is 49.6 Å². The highest BCUT2D eigenvalue weighted by Gasteiger charge is 2.04. The Kier molecular flexibility index (Phi) is 15.0. The fourth-order valence-corrected chi connectivity index (χ4v) is 1.84. The van der Waals surface area contributed by atoms with Crippen LogP contribution < -0.4 is 0 Å². The average Bonchev–Trinajstić information content (AvgIpc) is 2.48. The maximum atomic E-state index is 11.4. The van der Waals surface area contributed by atoms with Crippen LogP contribution >= 0.6 is 0 Å². The first-order valence-corrected chi connectivity index (χ1v) is 8.59. The van der Waals surface area contributed by atoms with Crippen LogP contribution in [-0.2, 0) is 23.8 Å². The summed E-state index contributed by atoms with van der Waals surface area (Å²) in [6.07, 6.45) is 5.43. The molecule has 0 amide bonds. The second-order valence-corrected chi connectivity index (χ2v) is 5.77. The Morgan fingerprint density at radius 2 is 1.39 bits per heavy atom. The topological polar surface area (TPSA) is 82.1 Å². The monoisotopic (exact) mass is 332 g/mol. The smallest absolute Gasteiger partial charge is 0.305 e. The number of aliphatic carboxylic acids is 1. The molecule has 0 aromatic heterocycles. The lowest BCUT2D eigenvalue weighted by Crippen LogP contribution is -2.07. The van der Waals surface area contributed by atoms with Crippen molar-refractivity contribution in [2.45, 2.75) is 71.3 Å². The van der Waals surface area contributed by atoms with E-state index in [1.807, 2.05) is 13.8 Å². The number of carbonyl (C=O) groups excluding carboxylic acids is 1. The van der Waals surface area contributed by atoms with Gasteiger partial charge in [-0.3, -0.25) is 9.59 Å². The first-order valence-electron chi connectivity index (χ1n) is 8.59. The fourth-order valence-electron chi connectivity index (χ4n) is 1.84. The number of unbranched alkanes of at least 4 members (excludes halogenated alkanes) is 3. The van der Waals surface area contributed by atoms with Gasteiger partial charge in [0.05, 0.1) is 12.7 Å². The summed E-state index contributed by atoms with van der Waals surface area (Å²) >= 11 is 0. The molecule has 0 fully saturated rings. The molecule has 6 nitrogen and oxygen atoms in total. The zero-order valence-corrected chi connectivity index (χ0v) is 14.6. The zero-order valence-electron chi connectivity index (χ0n) is 14.6. The molecule has 0 atom stereocenters. The van der Waals surface area contributed by atoms with E-state index in [0.29, 0.717) is 32.5 Å². The van der Waals surface area contributed by atoms with Gasteiger partial charge in [0, 0.05) is 32.7 Å². The highest BCUT2D eigenvalue weighted by Crippen LogP contribution is 2.02. The molecule has 0 heterocycles. The van der Waals surface area contributed by atoms with E-state index in [4.69, 9.17) is 19.3 Å². The summed E-state index contributed by atoms with van der Waals surface area (Å²) < 4.78 is 16.0. The molecule has 1 N–H and O–H groups in total. The van der Waals surface area contributed by atoms with Crippen molar-refractivity contribution in [3.8, 4) is 0 Å². The van der Waals surface area contributed by atoms with Gasteiger partial charge in [-0.05, 0) is 52.4 Å². The molecular formula is C17H32O6. The molecule has 0 saturated heterocycles. The van der Waals surface area contributed by atoms with Gasteiger partial charge in [-0.15, -0.1) is 0 Å². The van der Waals surface area contributed by atoms with Crippen LogP contribution in [0.25, 0.3) is 0 Å². The van der Waals surface area contributed by atoms with Crippen LogP contribution in [0, 0.1) is 0 Å². The summed E-state index contributed by atoms with van der Waals surface area (Å²) in [4.78, 5) is 21.7. The van der Waals surface area contributed by atoms with Gasteiger partial charge in [0.25, 0.3) is 0 Å². The molecule has 0 aliphatic carbocycles. The van der Waals surface area contributed by atoms with Gasteiger partial charge < -0.3 is 19.3 Å². The van der Waals surface area contributed by atoms with Crippen LogP contribution in [0.3, 0.4) is 0 Å². The van der Waals surface area contributed by atoms with Crippen molar-refractivity contribution in [3.63, 3.8) is 0 Å². The molecular weight excluding hydrogens is 300 g/mol. The highest BCUT2D eigenvalue weighted by atomic mass is 16.5. The Hall–Kier alpha value is -1.14. The van der Waals surface area contributed by atoms with Crippen LogP contribution in [0.4, 0.5) is 0 Å². The predicted octanol–water partition coefficient (Wildman–Crippen LogP) is 3.18. The molecule has 0 bridgehead atoms. The lowest BCUT2D eigenvalue weighted by atomic mass is 10.2. The Morgan fingerprint density at radius 3 is 2.00 bits per heavy atom. The van der Waals surface area contributed by atoms with Crippen molar-refractivity contribution in [2.24, 2.45) is 0 Å². The first-order chi connectivity index (χ1) is 11.0. The largest absolute Gasteiger partial charge is 0.481 e. The average molecular weight is 332 g/mol. The zero-order chi connectivity index (χ0) is 17.3. The predicted molar refractivity (Wildman–Crippen MR) is 87.4 cm³/mol. The van der Waals surface area contributed by atoms with Gasteiger partial charge in [-0.1, -0.05) is 0 Å². The summed E-state index contributed by atoms with van der Waals surface area (Å²) in [6, 6.07) is 0. The molecule has 136 valence electrons. The number of esters is 1. The minimum Gasteiger partial charge on any atom is -0.481 e. The quantitative estimate of drug-likeness (QED) is 0.345. The third kappa shape index (κ3) is 18.8. The van der Waals surface area contributed by atoms with Gasteiger partial charge in [-0.25, -0.2) is 0 Å². The van der Waals surface area contributed by atoms with Crippen LogP contribution in [0.2, 0.25) is 0 Å². The molecule has 0 aliphatic rings. The number of ether oxygens (including phenoxy) is 3. The van der Waals surface area contributed by atoms with Crippen molar-refractivity contribution in [3.05, 3.63) is 0 Å². The number of carbonyl (C=O) groups is 2. The molecule has 0 radical (unpaired) electrons. The van der Waals surface area contributed by atoms with Crippen LogP contribution in [0.5, 0.6) is 0 Å². The van der Waals surface area contributed by atoms with E-state index in [1.54, 1.807) is 0 Å². The van der Waals surface area contributed by atoms with Crippen molar-refractivity contribution >= 4 is 11.9 Å². The highest BCUT2D eigenvalue weighted by molar-refractivity contribution is 5.69. The minimum atomic E-state index is -0.828. The maximum Gasteiger partial charge on any atom is 0.305 e. The molecule has 23 heavy (non-hydrogen) atoms. The van der Waals surface area contributed by atoms with Gasteiger partial charge in [0.2, 0.25) is 0 Å². The number of hydrogen-bond donors (Lipinski definition) is 1. The summed E-state index contributed by atoms with van der Waals surface area (Å²) in [5, 5.41) is 8.47. The maximum absolute atomic E-state index is 11.4. The van der Waals surface area contributed by atoms with Crippen molar-refractivity contribution in [1.29, 1.82) is 0 Å². The van der Waals surface area contributed by atoms with Gasteiger partial charge in [-0.2, -0.15) is 0 Å². The third-order valence-corrected chi connectivity index (χ3v) is 3.10. The summed E-state index contributed by atoms with van der Waals surface area (Å²) in [6.45, 7) is 6.66. The van der Waals surface area contributed by atoms with E-state index in [-0.39, 0.29) is 18.5 Å². The third-order valence-electron chi connectivity index (χ3n) is 3.10. The Labute approximate surface area is 139 Å². The molecule has 0 aliphatic heterocycles. The second-order valence-electron chi connectivity index (χ2n) is 5.77. The molecule has 0 rings (SSSR count). The van der Waals surface area contributed by atoms with E-state index in [0.717, 1.165) is 38.9 Å². The summed E-state index contributed by atoms with van der Waals surface area (Å²) in [7, 11) is 0. The fraction of sp³-hybridized carbons (Fsp3) is 0.882. The SMILES string of the molecule is CC(C)OCCCCOCCCCOC(=O)CCCCC(=O)O. The summed E-state index contributed by atoms with van der Waals surface area (Å²) in [5.41, 5.74) is 0. The number of rotatable bonds is 16. The molecule has 6 heteroatoms. The first kappa shape index (κ1) is 21.9. The summed E-state index contributed by atoms with van der Waals surface area (Å²) in [5.74, 6) is -1.08. The number of carboxylic acids is 1. The van der Waals surface area contributed by atoms with Gasteiger partial charge in [0.15, 0.2) is 0 Å². The number of hydrogen-bond acceptors (Lipinski definition) is 5. The normalized spacial score (nSPS) is 10.9. The molecule has 0 aromatic carbocycles. The molecule has 0 unspecified atom stereocenters. The second kappa shape index (κ2) is 15.7. The Bertz CT molecular complexity index is 303. The van der Waals surface area contributed by atoms with E-state index < -0.39 is 5.97 Å². The van der Waals surface area contributed by atoms with Crippen molar-refractivity contribution in [1.82, 2.24) is 0 Å². The lowest BCUT2D eigenvalue weighted by Gasteiger charge is -2.08. The molecule has 0 saturated carbocycles. The van der Waals surface area contributed by atoms with E-state index in [1.165, 1.54) is 0 Å². The standard InChI is InChI=1S/C17H32O6/c1-15(2)22-13-7-5-11-21-12-6-8-14-23-17(20)10-4-3-9-16(18)19/h15H,3-14H2,1-2H3,(H,18,19). The Balaban J connectivity index is 3.17. The van der Waals surface area contributed by atoms with E-state index in [2.05, 4.69) is 0 Å².